The number of rotatable bonds is 4. The topological polar surface area (TPSA) is 85.1 Å². The van der Waals surface area contributed by atoms with Crippen molar-refractivity contribution in [1.82, 2.24) is 10.3 Å². The Kier molecular flexibility index (Phi) is 4.24. The van der Waals surface area contributed by atoms with E-state index in [0.29, 0.717) is 11.6 Å². The van der Waals surface area contributed by atoms with Gasteiger partial charge in [-0.05, 0) is 13.2 Å². The normalized spacial score (nSPS) is 9.88. The number of hydrogen-bond acceptors (Lipinski definition) is 5. The second-order valence-electron chi connectivity index (χ2n) is 2.87. The Balaban J connectivity index is 3.11. The van der Waals surface area contributed by atoms with Crippen LogP contribution < -0.4 is 5.32 Å². The molecule has 0 aliphatic heterocycles. The summed E-state index contributed by atoms with van der Waals surface area (Å²) >= 11 is 1.17. The molecule has 0 aliphatic carbocycles. The van der Waals surface area contributed by atoms with Crippen LogP contribution in [0.3, 0.4) is 0 Å². The number of nitrogens with one attached hydrogen (secondary N) is 1. The molecule has 0 saturated carbocycles. The van der Waals surface area contributed by atoms with Crippen LogP contribution in [0.25, 0.3) is 0 Å². The zero-order valence-electron chi connectivity index (χ0n) is 8.89. The number of carbonyl (C=O) groups excluding carboxylic acids is 1. The largest absolute Gasteiger partial charge is 0.352 e. The molecule has 0 aliphatic rings. The van der Waals surface area contributed by atoms with E-state index in [1.807, 2.05) is 0 Å². The highest BCUT2D eigenvalue weighted by molar-refractivity contribution is 7.98. The van der Waals surface area contributed by atoms with Crippen LogP contribution in [0.1, 0.15) is 17.3 Å². The summed E-state index contributed by atoms with van der Waals surface area (Å²) < 4.78 is 0. The third-order valence-corrected chi connectivity index (χ3v) is 2.52. The van der Waals surface area contributed by atoms with E-state index in [4.69, 9.17) is 0 Å². The first-order valence-corrected chi connectivity index (χ1v) is 5.79. The predicted molar refractivity (Wildman–Crippen MR) is 60.7 cm³/mol. The molecule has 16 heavy (non-hydrogen) atoms. The summed E-state index contributed by atoms with van der Waals surface area (Å²) in [7, 11) is 0. The van der Waals surface area contributed by atoms with Crippen LogP contribution >= 0.6 is 11.8 Å². The molecule has 0 radical (unpaired) electrons. The molecule has 0 atom stereocenters. The summed E-state index contributed by atoms with van der Waals surface area (Å²) in [5.41, 5.74) is 0.0580. The molecule has 1 aromatic rings. The van der Waals surface area contributed by atoms with Gasteiger partial charge in [0, 0.05) is 18.8 Å². The zero-order valence-corrected chi connectivity index (χ0v) is 9.71. The molecule has 0 aromatic carbocycles. The highest BCUT2D eigenvalue weighted by Crippen LogP contribution is 2.25. The average Bonchev–Trinajstić information content (AvgIpc) is 2.28. The Morgan fingerprint density at radius 2 is 2.38 bits per heavy atom. The fraction of sp³-hybridized carbons (Fsp3) is 0.333. The number of carbonyl (C=O) groups is 1. The van der Waals surface area contributed by atoms with Gasteiger partial charge in [-0.25, -0.2) is 4.98 Å². The van der Waals surface area contributed by atoms with Gasteiger partial charge in [-0.2, -0.15) is 0 Å². The number of thioether (sulfide) groups is 1. The number of hydrogen-bond donors (Lipinski definition) is 1. The van der Waals surface area contributed by atoms with E-state index in [9.17, 15) is 14.9 Å². The lowest BCUT2D eigenvalue weighted by Crippen LogP contribution is -2.22. The van der Waals surface area contributed by atoms with E-state index < -0.39 is 4.92 Å². The van der Waals surface area contributed by atoms with Gasteiger partial charge in [-0.3, -0.25) is 14.9 Å². The lowest BCUT2D eigenvalue weighted by atomic mass is 10.2. The summed E-state index contributed by atoms with van der Waals surface area (Å²) in [6, 6.07) is 1.24. The lowest BCUT2D eigenvalue weighted by molar-refractivity contribution is -0.388. The second-order valence-corrected chi connectivity index (χ2v) is 3.66. The molecule has 1 amide bonds. The molecular weight excluding hydrogens is 230 g/mol. The Morgan fingerprint density at radius 3 is 2.88 bits per heavy atom. The lowest BCUT2D eigenvalue weighted by Gasteiger charge is -2.03. The quantitative estimate of drug-likeness (QED) is 0.490. The third-order valence-electron chi connectivity index (χ3n) is 1.82. The Hall–Kier alpha value is -1.63. The summed E-state index contributed by atoms with van der Waals surface area (Å²) in [4.78, 5) is 25.5. The Morgan fingerprint density at radius 1 is 1.69 bits per heavy atom. The molecule has 7 heteroatoms. The van der Waals surface area contributed by atoms with Crippen molar-refractivity contribution in [1.29, 1.82) is 0 Å². The van der Waals surface area contributed by atoms with Gasteiger partial charge in [0.2, 0.25) is 0 Å². The van der Waals surface area contributed by atoms with Crippen LogP contribution in [0, 0.1) is 10.1 Å². The van der Waals surface area contributed by atoms with Crippen LogP contribution in [0.4, 0.5) is 5.69 Å². The van der Waals surface area contributed by atoms with E-state index in [-0.39, 0.29) is 17.2 Å². The summed E-state index contributed by atoms with van der Waals surface area (Å²) in [5.74, 6) is -0.356. The van der Waals surface area contributed by atoms with E-state index in [2.05, 4.69) is 10.3 Å². The molecule has 86 valence electrons. The van der Waals surface area contributed by atoms with Crippen molar-refractivity contribution in [2.75, 3.05) is 12.8 Å². The average molecular weight is 241 g/mol. The van der Waals surface area contributed by atoms with E-state index in [0.717, 1.165) is 0 Å². The van der Waals surface area contributed by atoms with E-state index in [1.165, 1.54) is 24.0 Å². The molecule has 6 nitrogen and oxygen atoms in total. The highest BCUT2D eigenvalue weighted by Gasteiger charge is 2.17. The number of pyridine rings is 1. The molecule has 0 spiro atoms. The molecule has 1 rings (SSSR count). The van der Waals surface area contributed by atoms with Crippen LogP contribution in [0.5, 0.6) is 0 Å². The van der Waals surface area contributed by atoms with Crippen molar-refractivity contribution in [3.63, 3.8) is 0 Å². The first-order valence-electron chi connectivity index (χ1n) is 4.56. The zero-order chi connectivity index (χ0) is 12.1. The molecule has 1 heterocycles. The number of nitro groups is 1. The van der Waals surface area contributed by atoms with Gasteiger partial charge in [-0.1, -0.05) is 0 Å². The van der Waals surface area contributed by atoms with Crippen molar-refractivity contribution in [3.8, 4) is 0 Å². The number of nitrogens with zero attached hydrogens (tertiary/aromatic N) is 2. The maximum Gasteiger partial charge on any atom is 0.302 e. The van der Waals surface area contributed by atoms with Crippen LogP contribution in [0.2, 0.25) is 0 Å². The van der Waals surface area contributed by atoms with Crippen molar-refractivity contribution in [2.24, 2.45) is 0 Å². The van der Waals surface area contributed by atoms with Gasteiger partial charge < -0.3 is 5.32 Å². The first-order chi connectivity index (χ1) is 7.60. The molecule has 0 fully saturated rings. The highest BCUT2D eigenvalue weighted by atomic mass is 32.2. The molecule has 0 saturated heterocycles. The summed E-state index contributed by atoms with van der Waals surface area (Å²) in [6.07, 6.45) is 3.03. The van der Waals surface area contributed by atoms with Gasteiger partial charge in [-0.15, -0.1) is 11.8 Å². The van der Waals surface area contributed by atoms with Gasteiger partial charge in [0.1, 0.15) is 0 Å². The molecule has 0 unspecified atom stereocenters. The van der Waals surface area contributed by atoms with Gasteiger partial charge in [0.15, 0.2) is 5.03 Å². The van der Waals surface area contributed by atoms with Crippen molar-refractivity contribution >= 4 is 23.4 Å². The Bertz CT molecular complexity index is 422. The van der Waals surface area contributed by atoms with Gasteiger partial charge in [0.25, 0.3) is 5.91 Å². The third kappa shape index (κ3) is 2.69. The monoisotopic (exact) mass is 241 g/mol. The molecular formula is C9H11N3O3S. The van der Waals surface area contributed by atoms with Crippen LogP contribution in [-0.4, -0.2) is 28.6 Å². The molecule has 0 bridgehead atoms. The fourth-order valence-electron chi connectivity index (χ4n) is 1.12. The van der Waals surface area contributed by atoms with Gasteiger partial charge >= 0.3 is 5.69 Å². The van der Waals surface area contributed by atoms with Crippen molar-refractivity contribution in [3.05, 3.63) is 27.9 Å². The fourth-order valence-corrected chi connectivity index (χ4v) is 1.62. The van der Waals surface area contributed by atoms with Crippen molar-refractivity contribution < 1.29 is 9.72 Å². The van der Waals surface area contributed by atoms with E-state index >= 15 is 0 Å². The standard InChI is InChI=1S/C9H11N3O3S/c1-3-10-8(13)6-4-7(12(14)15)9(16-2)11-5-6/h4-5H,3H2,1-2H3,(H,10,13). The van der Waals surface area contributed by atoms with E-state index in [1.54, 1.807) is 13.2 Å². The minimum atomic E-state index is -0.540. The molecule has 1 aromatic heterocycles. The first kappa shape index (κ1) is 12.4. The second kappa shape index (κ2) is 5.45. The summed E-state index contributed by atoms with van der Waals surface area (Å²) in [5, 5.41) is 13.6. The minimum absolute atomic E-state index is 0.142. The van der Waals surface area contributed by atoms with Crippen LogP contribution in [-0.2, 0) is 0 Å². The SMILES string of the molecule is CCNC(=O)c1cnc(SC)c([N+](=O)[O-])c1. The number of amides is 1. The molecule has 1 N–H and O–H groups in total. The van der Waals surface area contributed by atoms with Crippen molar-refractivity contribution in [2.45, 2.75) is 11.9 Å². The van der Waals surface area contributed by atoms with Gasteiger partial charge in [0.05, 0.1) is 10.5 Å². The predicted octanol–water partition coefficient (Wildman–Crippen LogP) is 1.46. The summed E-state index contributed by atoms with van der Waals surface area (Å²) in [6.45, 7) is 2.24. The van der Waals surface area contributed by atoms with Crippen LogP contribution in [0.15, 0.2) is 17.3 Å². The Labute approximate surface area is 96.6 Å². The maximum absolute atomic E-state index is 11.4. The number of aromatic nitrogens is 1. The minimum Gasteiger partial charge on any atom is -0.352 e. The smallest absolute Gasteiger partial charge is 0.302 e. The maximum atomic E-state index is 11.4.